The number of nitrogens with zero attached hydrogens (tertiary/aromatic N) is 1. The molecule has 18 heavy (non-hydrogen) atoms. The Balaban J connectivity index is 2.51. The lowest BCUT2D eigenvalue weighted by molar-refractivity contribution is -0.0437. The van der Waals surface area contributed by atoms with E-state index in [9.17, 15) is 21.6 Å². The van der Waals surface area contributed by atoms with E-state index in [1.165, 1.54) is 19.2 Å². The number of sulfonamides is 1. The van der Waals surface area contributed by atoms with E-state index in [0.29, 0.717) is 15.6 Å². The summed E-state index contributed by atoms with van der Waals surface area (Å²) in [4.78, 5) is 0. The van der Waals surface area contributed by atoms with Crippen LogP contribution in [-0.4, -0.2) is 27.6 Å². The lowest BCUT2D eigenvalue weighted by Crippen LogP contribution is -2.39. The molecule has 0 fully saturated rings. The molecule has 0 bridgehead atoms. The standard InChI is InChI=1S/C10H10F3NO3S/c1-17-9-4-2-3-8-7(9)5-6-14(8)18(15,16)10(11,12)13/h2-4H,5-6H2,1H3. The second kappa shape index (κ2) is 4.04. The van der Waals surface area contributed by atoms with Gasteiger partial charge in [-0.3, -0.25) is 4.31 Å². The molecule has 1 aliphatic heterocycles. The maximum absolute atomic E-state index is 12.5. The van der Waals surface area contributed by atoms with Gasteiger partial charge < -0.3 is 4.74 Å². The first-order valence-corrected chi connectivity index (χ1v) is 6.48. The van der Waals surface area contributed by atoms with Gasteiger partial charge in [-0.2, -0.15) is 21.6 Å². The van der Waals surface area contributed by atoms with Gasteiger partial charge in [0.15, 0.2) is 0 Å². The number of ether oxygens (including phenoxy) is 1. The van der Waals surface area contributed by atoms with Gasteiger partial charge in [0, 0.05) is 12.1 Å². The molecule has 0 amide bonds. The van der Waals surface area contributed by atoms with Gasteiger partial charge in [-0.1, -0.05) is 6.07 Å². The average Bonchev–Trinajstić information content (AvgIpc) is 2.71. The highest BCUT2D eigenvalue weighted by Gasteiger charge is 2.51. The van der Waals surface area contributed by atoms with E-state index in [-0.39, 0.29) is 18.7 Å². The maximum Gasteiger partial charge on any atom is 0.516 e. The molecule has 0 atom stereocenters. The molecule has 2 rings (SSSR count). The number of halogens is 3. The number of benzene rings is 1. The zero-order valence-corrected chi connectivity index (χ0v) is 10.2. The van der Waals surface area contributed by atoms with E-state index in [0.717, 1.165) is 0 Å². The molecule has 100 valence electrons. The van der Waals surface area contributed by atoms with Gasteiger partial charge in [-0.25, -0.2) is 0 Å². The molecule has 1 heterocycles. The summed E-state index contributed by atoms with van der Waals surface area (Å²) in [5.41, 5.74) is -4.78. The van der Waals surface area contributed by atoms with Crippen LogP contribution >= 0.6 is 0 Å². The monoisotopic (exact) mass is 281 g/mol. The summed E-state index contributed by atoms with van der Waals surface area (Å²) in [5.74, 6) is 0.396. The summed E-state index contributed by atoms with van der Waals surface area (Å²) in [6, 6.07) is 4.39. The first-order chi connectivity index (χ1) is 8.29. The van der Waals surface area contributed by atoms with Gasteiger partial charge in [0.25, 0.3) is 0 Å². The predicted octanol–water partition coefficient (Wildman–Crippen LogP) is 1.91. The Morgan fingerprint density at radius 3 is 2.56 bits per heavy atom. The first kappa shape index (κ1) is 13.0. The normalized spacial score (nSPS) is 15.7. The Bertz CT molecular complexity index is 568. The summed E-state index contributed by atoms with van der Waals surface area (Å²) >= 11 is 0. The molecule has 4 nitrogen and oxygen atoms in total. The summed E-state index contributed by atoms with van der Waals surface area (Å²) in [7, 11) is -3.95. The number of anilines is 1. The van der Waals surface area contributed by atoms with Crippen LogP contribution in [0.25, 0.3) is 0 Å². The van der Waals surface area contributed by atoms with E-state index in [1.807, 2.05) is 0 Å². The fourth-order valence-electron chi connectivity index (χ4n) is 1.94. The average molecular weight is 281 g/mol. The number of methoxy groups -OCH3 is 1. The van der Waals surface area contributed by atoms with Crippen molar-refractivity contribution in [1.82, 2.24) is 0 Å². The summed E-state index contributed by atoms with van der Waals surface area (Å²) in [6.45, 7) is -0.225. The van der Waals surface area contributed by atoms with Gasteiger partial charge in [-0.15, -0.1) is 0 Å². The minimum Gasteiger partial charge on any atom is -0.496 e. The predicted molar refractivity (Wildman–Crippen MR) is 59.0 cm³/mol. The molecular formula is C10H10F3NO3S. The third kappa shape index (κ3) is 1.80. The van der Waals surface area contributed by atoms with Gasteiger partial charge in [0.2, 0.25) is 0 Å². The molecule has 0 N–H and O–H groups in total. The Kier molecular flexibility index (Phi) is 2.92. The number of alkyl halides is 3. The van der Waals surface area contributed by atoms with Crippen LogP contribution in [0.3, 0.4) is 0 Å². The number of fused-ring (bicyclic) bond motifs is 1. The highest BCUT2D eigenvalue weighted by molar-refractivity contribution is 7.93. The second-order valence-electron chi connectivity index (χ2n) is 3.73. The van der Waals surface area contributed by atoms with E-state index < -0.39 is 15.5 Å². The van der Waals surface area contributed by atoms with Crippen molar-refractivity contribution in [2.45, 2.75) is 11.9 Å². The van der Waals surface area contributed by atoms with Crippen LogP contribution in [0.2, 0.25) is 0 Å². The molecule has 1 aliphatic rings. The molecule has 8 heteroatoms. The van der Waals surface area contributed by atoms with Crippen LogP contribution in [0, 0.1) is 0 Å². The molecule has 0 radical (unpaired) electrons. The van der Waals surface area contributed by atoms with E-state index in [2.05, 4.69) is 0 Å². The van der Waals surface area contributed by atoms with Crippen LogP contribution in [0.5, 0.6) is 5.75 Å². The van der Waals surface area contributed by atoms with Crippen LogP contribution in [0.1, 0.15) is 5.56 Å². The van der Waals surface area contributed by atoms with Crippen LogP contribution in [-0.2, 0) is 16.4 Å². The SMILES string of the molecule is COc1cccc2c1CCN2S(=O)(=O)C(F)(F)F. The smallest absolute Gasteiger partial charge is 0.496 e. The maximum atomic E-state index is 12.5. The molecule has 0 aliphatic carbocycles. The molecule has 0 saturated carbocycles. The Morgan fingerprint density at radius 2 is 2.00 bits per heavy atom. The summed E-state index contributed by atoms with van der Waals surface area (Å²) in [6.07, 6.45) is 0.203. The van der Waals surface area contributed by atoms with Gasteiger partial charge in [0.05, 0.1) is 12.8 Å². The van der Waals surface area contributed by atoms with Crippen molar-refractivity contribution in [2.75, 3.05) is 18.0 Å². The molecule has 1 aromatic carbocycles. The second-order valence-corrected chi connectivity index (χ2v) is 5.58. The molecular weight excluding hydrogens is 271 g/mol. The summed E-state index contributed by atoms with van der Waals surface area (Å²) in [5, 5.41) is 0. The van der Waals surface area contributed by atoms with Crippen molar-refractivity contribution in [1.29, 1.82) is 0 Å². The van der Waals surface area contributed by atoms with E-state index >= 15 is 0 Å². The van der Waals surface area contributed by atoms with Crippen LogP contribution in [0.15, 0.2) is 18.2 Å². The minimum atomic E-state index is -5.34. The van der Waals surface area contributed by atoms with Crippen LogP contribution in [0.4, 0.5) is 18.9 Å². The number of hydrogen-bond acceptors (Lipinski definition) is 3. The van der Waals surface area contributed by atoms with Crippen molar-refractivity contribution in [3.63, 3.8) is 0 Å². The van der Waals surface area contributed by atoms with Crippen molar-refractivity contribution in [2.24, 2.45) is 0 Å². The minimum absolute atomic E-state index is 0.0340. The zero-order chi connectivity index (χ0) is 13.6. The largest absolute Gasteiger partial charge is 0.516 e. The number of hydrogen-bond donors (Lipinski definition) is 0. The first-order valence-electron chi connectivity index (χ1n) is 5.04. The van der Waals surface area contributed by atoms with Gasteiger partial charge in [0.1, 0.15) is 5.75 Å². The zero-order valence-electron chi connectivity index (χ0n) is 9.36. The third-order valence-electron chi connectivity index (χ3n) is 2.74. The van der Waals surface area contributed by atoms with Crippen molar-refractivity contribution >= 4 is 15.7 Å². The fraction of sp³-hybridized carbons (Fsp3) is 0.400. The fourth-order valence-corrected chi connectivity index (χ4v) is 2.95. The van der Waals surface area contributed by atoms with Gasteiger partial charge in [-0.05, 0) is 18.6 Å². The van der Waals surface area contributed by atoms with Crippen molar-refractivity contribution < 1.29 is 26.3 Å². The molecule has 0 unspecified atom stereocenters. The van der Waals surface area contributed by atoms with E-state index in [4.69, 9.17) is 4.74 Å². The highest BCUT2D eigenvalue weighted by atomic mass is 32.2. The lowest BCUT2D eigenvalue weighted by Gasteiger charge is -2.20. The Hall–Kier alpha value is -1.44. The van der Waals surface area contributed by atoms with Gasteiger partial charge >= 0.3 is 15.5 Å². The molecule has 1 aromatic rings. The van der Waals surface area contributed by atoms with Crippen molar-refractivity contribution in [3.05, 3.63) is 23.8 Å². The molecule has 0 spiro atoms. The Labute approximate surface area is 102 Å². The van der Waals surface area contributed by atoms with Crippen LogP contribution < -0.4 is 9.04 Å². The Morgan fingerprint density at radius 1 is 1.33 bits per heavy atom. The highest BCUT2D eigenvalue weighted by Crippen LogP contribution is 2.40. The molecule has 0 saturated heterocycles. The quantitative estimate of drug-likeness (QED) is 0.832. The molecule has 0 aromatic heterocycles. The summed E-state index contributed by atoms with van der Waals surface area (Å²) < 4.78 is 65.6. The lowest BCUT2D eigenvalue weighted by atomic mass is 10.1. The van der Waals surface area contributed by atoms with Crippen molar-refractivity contribution in [3.8, 4) is 5.75 Å². The van der Waals surface area contributed by atoms with E-state index in [1.54, 1.807) is 6.07 Å². The number of rotatable bonds is 2. The third-order valence-corrected chi connectivity index (χ3v) is 4.29. The topological polar surface area (TPSA) is 46.6 Å².